The molecule has 0 aromatic carbocycles. The molecule has 0 saturated carbocycles. The summed E-state index contributed by atoms with van der Waals surface area (Å²) in [6, 6.07) is 6.16. The van der Waals surface area contributed by atoms with Gasteiger partial charge in [-0.25, -0.2) is 19.9 Å². The third kappa shape index (κ3) is 2.72. The van der Waals surface area contributed by atoms with E-state index in [0.29, 0.717) is 11.0 Å². The van der Waals surface area contributed by atoms with E-state index in [1.165, 1.54) is 11.3 Å². The van der Waals surface area contributed by atoms with Crippen LogP contribution >= 0.6 is 11.3 Å². The second kappa shape index (κ2) is 5.42. The maximum Gasteiger partial charge on any atom is 0.225 e. The molecule has 6 nitrogen and oxygen atoms in total. The van der Waals surface area contributed by atoms with Gasteiger partial charge in [0.05, 0.1) is 4.70 Å². The quantitative estimate of drug-likeness (QED) is 0.780. The molecule has 1 fully saturated rings. The molecule has 4 rings (SSSR count). The Balaban J connectivity index is 1.59. The number of hydrogen-bond donors (Lipinski definition) is 1. The van der Waals surface area contributed by atoms with E-state index in [2.05, 4.69) is 32.0 Å². The largest absolute Gasteiger partial charge is 0.375 e. The normalized spacial score (nSPS) is 18.0. The van der Waals surface area contributed by atoms with Crippen molar-refractivity contribution in [2.24, 2.45) is 0 Å². The minimum Gasteiger partial charge on any atom is -0.375 e. The number of aromatic nitrogens is 4. The van der Waals surface area contributed by atoms with Crippen LogP contribution in [0.2, 0.25) is 0 Å². The lowest BCUT2D eigenvalue weighted by atomic mass is 10.0. The molecule has 23 heavy (non-hydrogen) atoms. The van der Waals surface area contributed by atoms with Gasteiger partial charge in [-0.15, -0.1) is 0 Å². The van der Waals surface area contributed by atoms with Gasteiger partial charge in [0.15, 0.2) is 10.8 Å². The van der Waals surface area contributed by atoms with Crippen molar-refractivity contribution in [3.63, 3.8) is 0 Å². The highest BCUT2D eigenvalue weighted by atomic mass is 32.1. The first-order valence-electron chi connectivity index (χ1n) is 7.69. The van der Waals surface area contributed by atoms with Crippen LogP contribution in [-0.4, -0.2) is 33.0 Å². The molecule has 0 radical (unpaired) electrons. The van der Waals surface area contributed by atoms with Crippen LogP contribution in [0.5, 0.6) is 0 Å². The van der Waals surface area contributed by atoms with Gasteiger partial charge in [0.25, 0.3) is 0 Å². The fourth-order valence-corrected chi connectivity index (χ4v) is 3.79. The third-order valence-corrected chi connectivity index (χ3v) is 4.99. The number of rotatable bonds is 2. The molecule has 1 aliphatic rings. The molecule has 1 unspecified atom stereocenters. The number of pyridine rings is 1. The monoisotopic (exact) mass is 326 g/mol. The summed E-state index contributed by atoms with van der Waals surface area (Å²) in [5.41, 5.74) is 9.61. The fraction of sp³-hybridized carbons (Fsp3) is 0.375. The summed E-state index contributed by atoms with van der Waals surface area (Å²) in [6.07, 6.45) is 1.05. The Morgan fingerprint density at radius 1 is 1.13 bits per heavy atom. The number of fused-ring (bicyclic) bond motifs is 1. The van der Waals surface area contributed by atoms with Crippen LogP contribution in [0.1, 0.15) is 29.4 Å². The van der Waals surface area contributed by atoms with Gasteiger partial charge < -0.3 is 10.6 Å². The van der Waals surface area contributed by atoms with Crippen LogP contribution in [0, 0.1) is 13.8 Å². The zero-order valence-corrected chi connectivity index (χ0v) is 14.0. The van der Waals surface area contributed by atoms with Crippen molar-refractivity contribution in [1.29, 1.82) is 0 Å². The van der Waals surface area contributed by atoms with E-state index >= 15 is 0 Å². The molecule has 0 bridgehead atoms. The van der Waals surface area contributed by atoms with Crippen LogP contribution in [0.15, 0.2) is 18.2 Å². The molecule has 2 N–H and O–H groups in total. The van der Waals surface area contributed by atoms with Crippen molar-refractivity contribution in [2.75, 3.05) is 23.7 Å². The number of hydrogen-bond acceptors (Lipinski definition) is 7. The number of nitrogens with two attached hydrogens (primary N) is 1. The van der Waals surface area contributed by atoms with Crippen LogP contribution in [0.4, 0.5) is 11.1 Å². The first-order chi connectivity index (χ1) is 11.1. The number of nitrogens with zero attached hydrogens (tertiary/aromatic N) is 5. The van der Waals surface area contributed by atoms with Crippen molar-refractivity contribution in [2.45, 2.75) is 26.2 Å². The molecule has 4 heterocycles. The summed E-state index contributed by atoms with van der Waals surface area (Å²) in [5.74, 6) is 1.20. The Bertz CT molecular complexity index is 854. The Labute approximate surface area is 138 Å². The summed E-state index contributed by atoms with van der Waals surface area (Å²) in [6.45, 7) is 5.86. The smallest absolute Gasteiger partial charge is 0.225 e. The molecule has 0 aliphatic carbocycles. The molecule has 3 aromatic rings. The zero-order valence-electron chi connectivity index (χ0n) is 13.2. The molecule has 118 valence electrons. The summed E-state index contributed by atoms with van der Waals surface area (Å²) >= 11 is 1.48. The SMILES string of the molecule is Cc1cc(C)nc(N2CCC(c3ccc4sc(N)nc4n3)C2)n1. The van der Waals surface area contributed by atoms with Crippen LogP contribution in [0.25, 0.3) is 10.3 Å². The van der Waals surface area contributed by atoms with Crippen molar-refractivity contribution < 1.29 is 0 Å². The molecule has 3 aromatic heterocycles. The molecular weight excluding hydrogens is 308 g/mol. The standard InChI is InChI=1S/C16H18N6S/c1-9-7-10(2)19-16(18-9)22-6-5-11(8-22)12-3-4-13-14(20-12)21-15(17)23-13/h3-4,7,11H,5-6,8H2,1-2H3,(H2,17,20,21). The van der Waals surface area contributed by atoms with Gasteiger partial charge in [-0.2, -0.15) is 0 Å². The molecule has 1 saturated heterocycles. The van der Waals surface area contributed by atoms with Crippen molar-refractivity contribution in [3.05, 3.63) is 35.3 Å². The summed E-state index contributed by atoms with van der Waals surface area (Å²) < 4.78 is 1.04. The Morgan fingerprint density at radius 2 is 1.91 bits per heavy atom. The first-order valence-corrected chi connectivity index (χ1v) is 8.50. The summed E-state index contributed by atoms with van der Waals surface area (Å²) in [4.78, 5) is 20.4. The minimum atomic E-state index is 0.381. The second-order valence-corrected chi connectivity index (χ2v) is 7.05. The summed E-state index contributed by atoms with van der Waals surface area (Å²) in [7, 11) is 0. The maximum absolute atomic E-state index is 5.76. The molecule has 0 spiro atoms. The number of nitrogen functional groups attached to an aromatic ring is 1. The highest BCUT2D eigenvalue weighted by Crippen LogP contribution is 2.30. The van der Waals surface area contributed by atoms with E-state index in [1.807, 2.05) is 19.9 Å². The number of anilines is 2. The van der Waals surface area contributed by atoms with Gasteiger partial charge in [-0.05, 0) is 38.5 Å². The minimum absolute atomic E-state index is 0.381. The number of thiazole rings is 1. The van der Waals surface area contributed by atoms with E-state index < -0.39 is 0 Å². The fourth-order valence-electron chi connectivity index (χ4n) is 3.11. The van der Waals surface area contributed by atoms with Gasteiger partial charge in [0, 0.05) is 36.1 Å². The molecule has 0 amide bonds. The maximum atomic E-state index is 5.76. The highest BCUT2D eigenvalue weighted by molar-refractivity contribution is 7.21. The van der Waals surface area contributed by atoms with Crippen molar-refractivity contribution in [1.82, 2.24) is 19.9 Å². The van der Waals surface area contributed by atoms with Crippen LogP contribution in [0.3, 0.4) is 0 Å². The summed E-state index contributed by atoms with van der Waals surface area (Å²) in [5, 5.41) is 0.571. The van der Waals surface area contributed by atoms with E-state index in [-0.39, 0.29) is 0 Å². The third-order valence-electron chi connectivity index (χ3n) is 4.15. The topological polar surface area (TPSA) is 80.8 Å². The van der Waals surface area contributed by atoms with E-state index in [4.69, 9.17) is 10.7 Å². The van der Waals surface area contributed by atoms with E-state index in [9.17, 15) is 0 Å². The van der Waals surface area contributed by atoms with Gasteiger partial charge in [-0.1, -0.05) is 11.3 Å². The van der Waals surface area contributed by atoms with Gasteiger partial charge >= 0.3 is 0 Å². The lowest BCUT2D eigenvalue weighted by Gasteiger charge is -2.17. The Hall–Kier alpha value is -2.28. The zero-order chi connectivity index (χ0) is 16.0. The second-order valence-electron chi connectivity index (χ2n) is 5.99. The first kappa shape index (κ1) is 14.3. The van der Waals surface area contributed by atoms with Crippen molar-refractivity contribution >= 4 is 32.8 Å². The average Bonchev–Trinajstić information content (AvgIpc) is 3.10. The van der Waals surface area contributed by atoms with Crippen molar-refractivity contribution in [3.8, 4) is 0 Å². The molecule has 1 atom stereocenters. The predicted octanol–water partition coefficient (Wildman–Crippen LogP) is 2.67. The van der Waals surface area contributed by atoms with Crippen LogP contribution in [-0.2, 0) is 0 Å². The molecule has 7 heteroatoms. The van der Waals surface area contributed by atoms with E-state index in [1.54, 1.807) is 0 Å². The Kier molecular flexibility index (Phi) is 3.37. The average molecular weight is 326 g/mol. The highest BCUT2D eigenvalue weighted by Gasteiger charge is 2.27. The lowest BCUT2D eigenvalue weighted by Crippen LogP contribution is -2.22. The van der Waals surface area contributed by atoms with E-state index in [0.717, 1.165) is 52.9 Å². The molecule has 1 aliphatic heterocycles. The van der Waals surface area contributed by atoms with Crippen LogP contribution < -0.4 is 10.6 Å². The van der Waals surface area contributed by atoms with Gasteiger partial charge in [0.1, 0.15) is 0 Å². The predicted molar refractivity (Wildman–Crippen MR) is 92.9 cm³/mol. The van der Waals surface area contributed by atoms with Gasteiger partial charge in [0.2, 0.25) is 5.95 Å². The van der Waals surface area contributed by atoms with Gasteiger partial charge in [-0.3, -0.25) is 0 Å². The lowest BCUT2D eigenvalue weighted by molar-refractivity contribution is 0.746. The number of aryl methyl sites for hydroxylation is 2. The molecular formula is C16H18N6S. The Morgan fingerprint density at radius 3 is 2.70 bits per heavy atom.